The zero-order valence-corrected chi connectivity index (χ0v) is 26.1. The van der Waals surface area contributed by atoms with E-state index in [2.05, 4.69) is 4.99 Å². The molecule has 0 saturated carbocycles. The van der Waals surface area contributed by atoms with Gasteiger partial charge in [-0.3, -0.25) is 19.5 Å². The Balaban J connectivity index is 1.56. The van der Waals surface area contributed by atoms with Crippen LogP contribution in [-0.4, -0.2) is 36.3 Å². The van der Waals surface area contributed by atoms with E-state index in [0.29, 0.717) is 39.5 Å². The molecule has 1 unspecified atom stereocenters. The van der Waals surface area contributed by atoms with Crippen LogP contribution in [0, 0.1) is 10.1 Å². The molecule has 47 heavy (non-hydrogen) atoms. The van der Waals surface area contributed by atoms with Crippen LogP contribution in [0.15, 0.2) is 81.7 Å². The lowest BCUT2D eigenvalue weighted by molar-refractivity contribution is -0.385. The van der Waals surface area contributed by atoms with Crippen molar-refractivity contribution in [1.82, 2.24) is 4.57 Å². The van der Waals surface area contributed by atoms with Gasteiger partial charge in [0, 0.05) is 6.07 Å². The Hall–Kier alpha value is -5.44. The number of rotatable bonds is 9. The molecular formula is C32H26F3N3O8S. The molecule has 0 spiro atoms. The minimum absolute atomic E-state index is 0.0109. The van der Waals surface area contributed by atoms with Gasteiger partial charge in [0.1, 0.15) is 5.75 Å². The Bertz CT molecular complexity index is 2090. The molecule has 0 saturated heterocycles. The van der Waals surface area contributed by atoms with Crippen molar-refractivity contribution >= 4 is 29.1 Å². The van der Waals surface area contributed by atoms with E-state index in [0.717, 1.165) is 17.4 Å². The molecule has 0 N–H and O–H groups in total. The summed E-state index contributed by atoms with van der Waals surface area (Å²) < 4.78 is 62.7. The maximum Gasteiger partial charge on any atom is 0.416 e. The molecule has 5 rings (SSSR count). The van der Waals surface area contributed by atoms with Gasteiger partial charge in [0.15, 0.2) is 16.3 Å². The number of nitro benzene ring substituents is 1. The van der Waals surface area contributed by atoms with Gasteiger partial charge in [0.2, 0.25) is 5.75 Å². The van der Waals surface area contributed by atoms with Crippen molar-refractivity contribution in [3.8, 4) is 23.0 Å². The van der Waals surface area contributed by atoms with E-state index in [4.69, 9.17) is 18.9 Å². The van der Waals surface area contributed by atoms with Crippen molar-refractivity contribution < 1.29 is 41.8 Å². The SMILES string of the molecule is CCOC(=O)C1=C(C)N=c2sc(=Cc3ccc(Oc4ccc(C(F)(F)F)cc4[N+](=O)[O-])c(OC)c3)c(=O)n2C1c1ccc(OC)cc1. The first-order valence-electron chi connectivity index (χ1n) is 13.9. The summed E-state index contributed by atoms with van der Waals surface area (Å²) in [5.74, 6) is -0.347. The number of allylic oxidation sites excluding steroid dienone is 1. The molecule has 1 aliphatic rings. The van der Waals surface area contributed by atoms with Gasteiger partial charge in [-0.1, -0.05) is 29.5 Å². The normalized spacial score (nSPS) is 14.7. The summed E-state index contributed by atoms with van der Waals surface area (Å²) in [6.07, 6.45) is -3.21. The molecule has 1 aliphatic heterocycles. The van der Waals surface area contributed by atoms with Crippen LogP contribution < -0.4 is 29.1 Å². The molecule has 0 bridgehead atoms. The van der Waals surface area contributed by atoms with Crippen LogP contribution in [-0.2, 0) is 15.7 Å². The van der Waals surface area contributed by atoms with Crippen LogP contribution in [0.1, 0.15) is 36.6 Å². The van der Waals surface area contributed by atoms with Crippen molar-refractivity contribution in [3.63, 3.8) is 0 Å². The first-order valence-corrected chi connectivity index (χ1v) is 14.7. The molecule has 0 aliphatic carbocycles. The van der Waals surface area contributed by atoms with E-state index >= 15 is 0 Å². The molecule has 244 valence electrons. The lowest BCUT2D eigenvalue weighted by atomic mass is 9.96. The summed E-state index contributed by atoms with van der Waals surface area (Å²) in [6, 6.07) is 12.5. The van der Waals surface area contributed by atoms with Crippen LogP contribution in [0.25, 0.3) is 6.08 Å². The van der Waals surface area contributed by atoms with E-state index in [9.17, 15) is 32.9 Å². The predicted molar refractivity (Wildman–Crippen MR) is 165 cm³/mol. The van der Waals surface area contributed by atoms with E-state index in [1.807, 2.05) is 0 Å². The van der Waals surface area contributed by atoms with Gasteiger partial charge >= 0.3 is 17.8 Å². The number of benzene rings is 3. The van der Waals surface area contributed by atoms with Crippen molar-refractivity contribution in [2.45, 2.75) is 26.1 Å². The molecule has 1 atom stereocenters. The summed E-state index contributed by atoms with van der Waals surface area (Å²) in [5, 5.41) is 11.5. The Morgan fingerprint density at radius 3 is 2.36 bits per heavy atom. The summed E-state index contributed by atoms with van der Waals surface area (Å²) in [6.45, 7) is 3.48. The topological polar surface area (TPSA) is 131 Å². The molecule has 0 amide bonds. The molecule has 3 aromatic carbocycles. The number of methoxy groups -OCH3 is 2. The molecule has 4 aromatic rings. The number of thiazole rings is 1. The lowest BCUT2D eigenvalue weighted by Crippen LogP contribution is -2.39. The number of ether oxygens (including phenoxy) is 4. The number of carbonyl (C=O) groups is 1. The highest BCUT2D eigenvalue weighted by molar-refractivity contribution is 7.07. The second-order valence-electron chi connectivity index (χ2n) is 10.0. The maximum absolute atomic E-state index is 13.9. The number of aromatic nitrogens is 1. The van der Waals surface area contributed by atoms with Gasteiger partial charge in [-0.05, 0) is 67.4 Å². The lowest BCUT2D eigenvalue weighted by Gasteiger charge is -2.24. The quantitative estimate of drug-likeness (QED) is 0.129. The number of fused-ring (bicyclic) bond motifs is 1. The molecule has 1 aromatic heterocycles. The third kappa shape index (κ3) is 6.60. The second-order valence-corrected chi connectivity index (χ2v) is 11.0. The molecule has 11 nitrogen and oxygen atoms in total. The minimum atomic E-state index is -4.78. The highest BCUT2D eigenvalue weighted by Gasteiger charge is 2.35. The Morgan fingerprint density at radius 2 is 1.74 bits per heavy atom. The number of hydrogen-bond acceptors (Lipinski definition) is 10. The van der Waals surface area contributed by atoms with Crippen molar-refractivity contribution in [2.24, 2.45) is 4.99 Å². The molecule has 15 heteroatoms. The molecule has 0 radical (unpaired) electrons. The zero-order chi connectivity index (χ0) is 34.0. The van der Waals surface area contributed by atoms with Crippen LogP contribution in [0.4, 0.5) is 18.9 Å². The minimum Gasteiger partial charge on any atom is -0.497 e. The number of nitrogens with zero attached hydrogens (tertiary/aromatic N) is 3. The van der Waals surface area contributed by atoms with Crippen LogP contribution >= 0.6 is 11.3 Å². The number of alkyl halides is 3. The maximum atomic E-state index is 13.9. The van der Waals surface area contributed by atoms with Gasteiger partial charge < -0.3 is 18.9 Å². The van der Waals surface area contributed by atoms with Crippen molar-refractivity contribution in [2.75, 3.05) is 20.8 Å². The summed E-state index contributed by atoms with van der Waals surface area (Å²) in [7, 11) is 2.84. The van der Waals surface area contributed by atoms with Crippen LogP contribution in [0.5, 0.6) is 23.0 Å². The van der Waals surface area contributed by atoms with E-state index in [-0.39, 0.29) is 28.2 Å². The van der Waals surface area contributed by atoms with Gasteiger partial charge in [0.25, 0.3) is 5.56 Å². The molecular weight excluding hydrogens is 643 g/mol. The monoisotopic (exact) mass is 669 g/mol. The van der Waals surface area contributed by atoms with Gasteiger partial charge in [-0.25, -0.2) is 9.79 Å². The van der Waals surface area contributed by atoms with Crippen LogP contribution in [0.3, 0.4) is 0 Å². The second kappa shape index (κ2) is 13.1. The number of nitro groups is 1. The Morgan fingerprint density at radius 1 is 1.04 bits per heavy atom. The average Bonchev–Trinajstić information content (AvgIpc) is 3.34. The molecule has 0 fully saturated rings. The summed E-state index contributed by atoms with van der Waals surface area (Å²) >= 11 is 1.10. The largest absolute Gasteiger partial charge is 0.497 e. The highest BCUT2D eigenvalue weighted by Crippen LogP contribution is 2.40. The smallest absolute Gasteiger partial charge is 0.416 e. The fraction of sp³-hybridized carbons (Fsp3) is 0.219. The van der Waals surface area contributed by atoms with E-state index in [1.165, 1.54) is 30.9 Å². The van der Waals surface area contributed by atoms with E-state index < -0.39 is 45.7 Å². The first kappa shape index (κ1) is 32.9. The van der Waals surface area contributed by atoms with E-state index in [1.54, 1.807) is 50.3 Å². The highest BCUT2D eigenvalue weighted by atomic mass is 32.1. The van der Waals surface area contributed by atoms with Crippen molar-refractivity contribution in [1.29, 1.82) is 0 Å². The fourth-order valence-electron chi connectivity index (χ4n) is 4.94. The van der Waals surface area contributed by atoms with Gasteiger partial charge in [-0.15, -0.1) is 0 Å². The van der Waals surface area contributed by atoms with Gasteiger partial charge in [-0.2, -0.15) is 13.2 Å². The molecule has 2 heterocycles. The standard InChI is InChI=1S/C32H26F3N3O8S/c1-5-45-30(40)27-17(2)36-31-37(28(27)19-7-10-21(43-3)11-8-19)29(39)26(47-31)15-18-6-12-24(25(14-18)44-4)46-23-13-9-20(32(33,34)35)16-22(23)38(41)42/h6-16,28H,5H2,1-4H3. The fourth-order valence-corrected chi connectivity index (χ4v) is 5.99. The third-order valence-electron chi connectivity index (χ3n) is 7.14. The predicted octanol–water partition coefficient (Wildman–Crippen LogP) is 5.53. The number of esters is 1. The number of hydrogen-bond donors (Lipinski definition) is 0. The summed E-state index contributed by atoms with van der Waals surface area (Å²) in [4.78, 5) is 42.4. The van der Waals surface area contributed by atoms with Gasteiger partial charge in [0.05, 0.1) is 53.2 Å². The Kier molecular flexibility index (Phi) is 9.19. The van der Waals surface area contributed by atoms with Crippen LogP contribution in [0.2, 0.25) is 0 Å². The first-order chi connectivity index (χ1) is 22.4. The average molecular weight is 670 g/mol. The summed E-state index contributed by atoms with van der Waals surface area (Å²) in [5.41, 5.74) is -0.771. The Labute approximate surface area is 268 Å². The third-order valence-corrected chi connectivity index (χ3v) is 8.12. The zero-order valence-electron chi connectivity index (χ0n) is 25.3. The number of halogens is 3. The number of carbonyl (C=O) groups excluding carboxylic acids is 1. The van der Waals surface area contributed by atoms with Crippen molar-refractivity contribution in [3.05, 3.63) is 118 Å².